The minimum atomic E-state index is -0.134. The lowest BCUT2D eigenvalue weighted by Gasteiger charge is -2.45. The Morgan fingerprint density at radius 1 is 1.03 bits per heavy atom. The topological polar surface area (TPSA) is 63.1 Å². The lowest BCUT2D eigenvalue weighted by atomic mass is 9.74. The van der Waals surface area contributed by atoms with Crippen LogP contribution in [-0.2, 0) is 6.42 Å². The number of aromatic nitrogens is 3. The zero-order valence-corrected chi connectivity index (χ0v) is 19.5. The number of likely N-dealkylation sites (N-methyl/N-ethyl adjacent to an activating group) is 1. The molecule has 1 fully saturated rings. The molecule has 0 unspecified atom stereocenters. The zero-order valence-electron chi connectivity index (χ0n) is 19.5. The fourth-order valence-corrected chi connectivity index (χ4v) is 4.69. The number of aryl methyl sites for hydroxylation is 2. The predicted molar refractivity (Wildman–Crippen MR) is 127 cm³/mol. The second-order valence-corrected chi connectivity index (χ2v) is 9.29. The summed E-state index contributed by atoms with van der Waals surface area (Å²) in [7, 11) is 4.36. The molecule has 1 amide bonds. The van der Waals surface area contributed by atoms with Gasteiger partial charge in [0.25, 0.3) is 5.91 Å². The van der Waals surface area contributed by atoms with E-state index in [0.717, 1.165) is 37.8 Å². The number of carbonyl (C=O) groups is 1. The van der Waals surface area contributed by atoms with Gasteiger partial charge in [0, 0.05) is 11.6 Å². The number of nitrogens with one attached hydrogen (secondary N) is 1. The van der Waals surface area contributed by atoms with Crippen LogP contribution in [0.3, 0.4) is 0 Å². The number of nitrogens with zero attached hydrogens (tertiary/aromatic N) is 4. The van der Waals surface area contributed by atoms with E-state index in [2.05, 4.69) is 65.7 Å². The summed E-state index contributed by atoms with van der Waals surface area (Å²) >= 11 is 0. The highest BCUT2D eigenvalue weighted by atomic mass is 16.2. The molecule has 0 bridgehead atoms. The first-order valence-corrected chi connectivity index (χ1v) is 11.4. The van der Waals surface area contributed by atoms with E-state index < -0.39 is 0 Å². The minimum Gasteiger partial charge on any atom is -0.348 e. The van der Waals surface area contributed by atoms with E-state index in [4.69, 9.17) is 0 Å². The lowest BCUT2D eigenvalue weighted by Crippen LogP contribution is -2.52. The van der Waals surface area contributed by atoms with Gasteiger partial charge in [-0.1, -0.05) is 48.0 Å². The number of amides is 1. The van der Waals surface area contributed by atoms with E-state index >= 15 is 0 Å². The first-order valence-electron chi connectivity index (χ1n) is 11.4. The molecule has 0 radical (unpaired) electrons. The molecule has 2 aromatic carbocycles. The van der Waals surface area contributed by atoms with Gasteiger partial charge in [0.15, 0.2) is 5.69 Å². The fourth-order valence-electron chi connectivity index (χ4n) is 4.69. The Morgan fingerprint density at radius 3 is 2.31 bits per heavy atom. The number of para-hydroxylation sites is 1. The number of hydrogen-bond acceptors (Lipinski definition) is 4. The second-order valence-electron chi connectivity index (χ2n) is 9.29. The van der Waals surface area contributed by atoms with Crippen LogP contribution in [0, 0.1) is 13.8 Å². The average Bonchev–Trinajstić information content (AvgIpc) is 3.19. The molecule has 0 aliphatic heterocycles. The van der Waals surface area contributed by atoms with Gasteiger partial charge >= 0.3 is 0 Å². The van der Waals surface area contributed by atoms with Crippen molar-refractivity contribution in [3.8, 4) is 5.69 Å². The molecule has 0 spiro atoms. The summed E-state index contributed by atoms with van der Waals surface area (Å²) in [4.78, 5) is 16.9. The summed E-state index contributed by atoms with van der Waals surface area (Å²) < 4.78 is 0. The summed E-state index contributed by atoms with van der Waals surface area (Å²) in [6, 6.07) is 18.7. The quantitative estimate of drug-likeness (QED) is 0.638. The highest BCUT2D eigenvalue weighted by molar-refractivity contribution is 5.93. The predicted octanol–water partition coefficient (Wildman–Crippen LogP) is 4.10. The van der Waals surface area contributed by atoms with Crippen molar-refractivity contribution in [2.24, 2.45) is 0 Å². The minimum absolute atomic E-state index is 0.128. The maximum atomic E-state index is 13.0. The maximum absolute atomic E-state index is 13.0. The van der Waals surface area contributed by atoms with Crippen LogP contribution in [0.5, 0.6) is 0 Å². The molecular weight excluding hydrogens is 398 g/mol. The molecule has 1 saturated carbocycles. The van der Waals surface area contributed by atoms with Crippen LogP contribution < -0.4 is 5.32 Å². The van der Waals surface area contributed by atoms with Crippen LogP contribution in [0.2, 0.25) is 0 Å². The Morgan fingerprint density at radius 2 is 1.69 bits per heavy atom. The molecule has 1 aliphatic carbocycles. The Balaban J connectivity index is 1.40. The summed E-state index contributed by atoms with van der Waals surface area (Å²) in [5, 5.41) is 12.1. The molecular formula is C26H33N5O. The smallest absolute Gasteiger partial charge is 0.273 e. The molecule has 1 N–H and O–H groups in total. The molecule has 3 aromatic rings. The van der Waals surface area contributed by atoms with E-state index in [1.165, 1.54) is 15.9 Å². The van der Waals surface area contributed by atoms with Crippen LogP contribution in [0.25, 0.3) is 5.69 Å². The standard InChI is InChI=1S/C26H33N5O/c1-19-10-12-21(13-11-19)18-26(30(3)4)16-14-22(15-17-26)27-25(32)24-20(2)28-31(29-24)23-8-6-5-7-9-23/h5-13,22H,14-18H2,1-4H3,(H,27,32). The molecule has 32 heavy (non-hydrogen) atoms. The number of carbonyl (C=O) groups excluding carboxylic acids is 1. The van der Waals surface area contributed by atoms with E-state index in [1.807, 2.05) is 37.3 Å². The van der Waals surface area contributed by atoms with Crippen LogP contribution >= 0.6 is 0 Å². The molecule has 0 saturated heterocycles. The van der Waals surface area contributed by atoms with Crippen molar-refractivity contribution in [1.82, 2.24) is 25.2 Å². The highest BCUT2D eigenvalue weighted by Gasteiger charge is 2.38. The molecule has 1 aliphatic rings. The van der Waals surface area contributed by atoms with Gasteiger partial charge in [-0.3, -0.25) is 4.79 Å². The number of rotatable bonds is 6. The van der Waals surface area contributed by atoms with Crippen molar-refractivity contribution < 1.29 is 4.79 Å². The molecule has 0 atom stereocenters. The SMILES string of the molecule is Cc1ccc(CC2(N(C)C)CCC(NC(=O)c3nn(-c4ccccc4)nc3C)CC2)cc1. The van der Waals surface area contributed by atoms with Crippen molar-refractivity contribution in [1.29, 1.82) is 0 Å². The monoisotopic (exact) mass is 431 g/mol. The van der Waals surface area contributed by atoms with E-state index in [0.29, 0.717) is 11.4 Å². The normalized spacial score (nSPS) is 21.0. The summed E-state index contributed by atoms with van der Waals surface area (Å²) in [5.41, 5.74) is 4.68. The van der Waals surface area contributed by atoms with E-state index in [1.54, 1.807) is 0 Å². The molecule has 4 rings (SSSR count). The zero-order chi connectivity index (χ0) is 22.7. The first-order chi connectivity index (χ1) is 15.4. The van der Waals surface area contributed by atoms with Gasteiger partial charge < -0.3 is 10.2 Å². The third kappa shape index (κ3) is 4.75. The molecule has 168 valence electrons. The van der Waals surface area contributed by atoms with Gasteiger partial charge in [0.1, 0.15) is 0 Å². The number of benzene rings is 2. The molecule has 1 heterocycles. The van der Waals surface area contributed by atoms with Crippen molar-refractivity contribution >= 4 is 5.91 Å². The van der Waals surface area contributed by atoms with Gasteiger partial charge in [-0.25, -0.2) is 0 Å². The Labute approximate surface area is 190 Å². The molecule has 6 heteroatoms. The van der Waals surface area contributed by atoms with Gasteiger partial charge in [-0.15, -0.1) is 5.10 Å². The van der Waals surface area contributed by atoms with Crippen LogP contribution in [0.4, 0.5) is 0 Å². The van der Waals surface area contributed by atoms with E-state index in [9.17, 15) is 4.79 Å². The summed E-state index contributed by atoms with van der Waals surface area (Å²) in [6.07, 6.45) is 5.05. The third-order valence-electron chi connectivity index (χ3n) is 6.84. The first kappa shape index (κ1) is 22.2. The van der Waals surface area contributed by atoms with Crippen molar-refractivity contribution in [3.05, 3.63) is 77.1 Å². The highest BCUT2D eigenvalue weighted by Crippen LogP contribution is 2.35. The number of hydrogen-bond donors (Lipinski definition) is 1. The Kier molecular flexibility index (Phi) is 6.42. The van der Waals surface area contributed by atoms with Gasteiger partial charge in [-0.2, -0.15) is 9.90 Å². The fraction of sp³-hybridized carbons (Fsp3) is 0.423. The van der Waals surface area contributed by atoms with Gasteiger partial charge in [-0.05, 0) is 77.7 Å². The van der Waals surface area contributed by atoms with Crippen molar-refractivity contribution in [2.45, 2.75) is 57.5 Å². The largest absolute Gasteiger partial charge is 0.348 e. The van der Waals surface area contributed by atoms with Gasteiger partial charge in [0.2, 0.25) is 0 Å². The van der Waals surface area contributed by atoms with Crippen molar-refractivity contribution in [2.75, 3.05) is 14.1 Å². The van der Waals surface area contributed by atoms with Crippen LogP contribution in [0.1, 0.15) is 53.0 Å². The summed E-state index contributed by atoms with van der Waals surface area (Å²) in [6.45, 7) is 3.96. The van der Waals surface area contributed by atoms with Crippen LogP contribution in [0.15, 0.2) is 54.6 Å². The Hall–Kier alpha value is -2.99. The molecule has 6 nitrogen and oxygen atoms in total. The maximum Gasteiger partial charge on any atom is 0.273 e. The van der Waals surface area contributed by atoms with Crippen LogP contribution in [-0.4, -0.2) is 51.5 Å². The second kappa shape index (κ2) is 9.25. The Bertz CT molecular complexity index is 1050. The van der Waals surface area contributed by atoms with Gasteiger partial charge in [0.05, 0.1) is 11.4 Å². The average molecular weight is 432 g/mol. The summed E-state index contributed by atoms with van der Waals surface area (Å²) in [5.74, 6) is -0.134. The lowest BCUT2D eigenvalue weighted by molar-refractivity contribution is 0.0766. The van der Waals surface area contributed by atoms with Crippen molar-refractivity contribution in [3.63, 3.8) is 0 Å². The van der Waals surface area contributed by atoms with E-state index in [-0.39, 0.29) is 17.5 Å². The third-order valence-corrected chi connectivity index (χ3v) is 6.84. The molecule has 1 aromatic heterocycles.